The molecule has 1 aromatic rings. The lowest BCUT2D eigenvalue weighted by Gasteiger charge is -2.15. The fourth-order valence-corrected chi connectivity index (χ4v) is 1.97. The first-order chi connectivity index (χ1) is 7.79. The maximum absolute atomic E-state index is 11.8. The Balaban J connectivity index is 1.76. The predicted molar refractivity (Wildman–Crippen MR) is 58.4 cm³/mol. The number of rotatable bonds is 4. The van der Waals surface area contributed by atoms with Crippen LogP contribution in [0, 0.1) is 5.92 Å². The highest BCUT2D eigenvalue weighted by Gasteiger charge is 2.24. The molecule has 88 valence electrons. The van der Waals surface area contributed by atoms with Crippen molar-refractivity contribution in [2.24, 2.45) is 11.7 Å². The third kappa shape index (κ3) is 2.57. The van der Waals surface area contributed by atoms with E-state index >= 15 is 0 Å². The number of nitrogens with two attached hydrogens (primary N) is 1. The number of hydrogen-bond acceptors (Lipinski definition) is 4. The molecule has 1 unspecified atom stereocenters. The molecule has 0 radical (unpaired) electrons. The maximum atomic E-state index is 11.8. The zero-order valence-corrected chi connectivity index (χ0v) is 9.25. The van der Waals surface area contributed by atoms with Crippen molar-refractivity contribution in [2.45, 2.75) is 19.4 Å². The van der Waals surface area contributed by atoms with Gasteiger partial charge in [-0.05, 0) is 18.9 Å². The number of aromatic nitrogens is 3. The van der Waals surface area contributed by atoms with Crippen LogP contribution in [0.4, 0.5) is 0 Å². The summed E-state index contributed by atoms with van der Waals surface area (Å²) in [5.74, 6) is 0.668. The van der Waals surface area contributed by atoms with E-state index < -0.39 is 0 Å². The Morgan fingerprint density at radius 1 is 1.56 bits per heavy atom. The molecule has 0 aliphatic carbocycles. The molecule has 2 heterocycles. The largest absolute Gasteiger partial charge is 0.342 e. The molecule has 0 spiro atoms. The van der Waals surface area contributed by atoms with E-state index in [9.17, 15) is 4.79 Å². The van der Waals surface area contributed by atoms with Crippen LogP contribution in [-0.2, 0) is 11.3 Å². The summed E-state index contributed by atoms with van der Waals surface area (Å²) in [4.78, 5) is 13.7. The second-order valence-corrected chi connectivity index (χ2v) is 4.15. The van der Waals surface area contributed by atoms with Crippen molar-refractivity contribution in [1.29, 1.82) is 0 Å². The first-order valence-electron chi connectivity index (χ1n) is 5.61. The molecule has 6 nitrogen and oxygen atoms in total. The molecule has 0 saturated carbocycles. The minimum atomic E-state index is 0.187. The number of aryl methyl sites for hydroxylation is 1. The smallest absolute Gasteiger partial charge is 0.224 e. The zero-order valence-electron chi connectivity index (χ0n) is 9.25. The minimum absolute atomic E-state index is 0.187. The van der Waals surface area contributed by atoms with Gasteiger partial charge in [0.15, 0.2) is 0 Å². The Hall–Kier alpha value is -1.43. The maximum Gasteiger partial charge on any atom is 0.224 e. The summed E-state index contributed by atoms with van der Waals surface area (Å²) in [5.41, 5.74) is 5.59. The third-order valence-corrected chi connectivity index (χ3v) is 3.00. The Bertz CT molecular complexity index is 337. The molecule has 1 atom stereocenters. The van der Waals surface area contributed by atoms with Crippen LogP contribution in [-0.4, -0.2) is 45.4 Å². The van der Waals surface area contributed by atoms with Gasteiger partial charge in [0.2, 0.25) is 5.91 Å². The highest BCUT2D eigenvalue weighted by atomic mass is 16.2. The van der Waals surface area contributed by atoms with Crippen molar-refractivity contribution < 1.29 is 4.79 Å². The van der Waals surface area contributed by atoms with E-state index in [1.807, 2.05) is 4.90 Å². The summed E-state index contributed by atoms with van der Waals surface area (Å²) < 4.78 is 1.67. The van der Waals surface area contributed by atoms with Gasteiger partial charge in [-0.2, -0.15) is 0 Å². The van der Waals surface area contributed by atoms with Crippen molar-refractivity contribution in [3.05, 3.63) is 12.4 Å². The van der Waals surface area contributed by atoms with Crippen molar-refractivity contribution in [3.63, 3.8) is 0 Å². The van der Waals surface area contributed by atoms with E-state index in [2.05, 4.69) is 10.3 Å². The second-order valence-electron chi connectivity index (χ2n) is 4.15. The van der Waals surface area contributed by atoms with Crippen LogP contribution in [0.15, 0.2) is 12.4 Å². The van der Waals surface area contributed by atoms with Crippen LogP contribution < -0.4 is 5.73 Å². The van der Waals surface area contributed by atoms with Crippen molar-refractivity contribution in [3.8, 4) is 0 Å². The topological polar surface area (TPSA) is 77.0 Å². The molecule has 1 aromatic heterocycles. The zero-order chi connectivity index (χ0) is 11.4. The molecular weight excluding hydrogens is 206 g/mol. The molecule has 6 heteroatoms. The van der Waals surface area contributed by atoms with Gasteiger partial charge < -0.3 is 10.6 Å². The molecule has 0 bridgehead atoms. The summed E-state index contributed by atoms with van der Waals surface area (Å²) in [5, 5.41) is 7.52. The third-order valence-electron chi connectivity index (χ3n) is 3.00. The summed E-state index contributed by atoms with van der Waals surface area (Å²) in [6.45, 7) is 2.93. The van der Waals surface area contributed by atoms with E-state index in [1.54, 1.807) is 17.1 Å². The van der Waals surface area contributed by atoms with Crippen LogP contribution in [0.5, 0.6) is 0 Å². The Labute approximate surface area is 94.4 Å². The van der Waals surface area contributed by atoms with Gasteiger partial charge in [-0.1, -0.05) is 5.21 Å². The molecule has 1 saturated heterocycles. The molecule has 1 aliphatic heterocycles. The lowest BCUT2D eigenvalue weighted by molar-refractivity contribution is -0.130. The van der Waals surface area contributed by atoms with Gasteiger partial charge in [0.1, 0.15) is 0 Å². The average molecular weight is 223 g/mol. The highest BCUT2D eigenvalue weighted by molar-refractivity contribution is 5.76. The normalized spacial score (nSPS) is 20.3. The fraction of sp³-hybridized carbons (Fsp3) is 0.700. The van der Waals surface area contributed by atoms with E-state index in [0.29, 0.717) is 25.4 Å². The number of carbonyl (C=O) groups is 1. The van der Waals surface area contributed by atoms with Crippen LogP contribution in [0.25, 0.3) is 0 Å². The van der Waals surface area contributed by atoms with Gasteiger partial charge >= 0.3 is 0 Å². The van der Waals surface area contributed by atoms with Crippen molar-refractivity contribution >= 4 is 5.91 Å². The number of carbonyl (C=O) groups excluding carboxylic acids is 1. The first kappa shape index (κ1) is 11.1. The van der Waals surface area contributed by atoms with E-state index in [-0.39, 0.29) is 5.91 Å². The van der Waals surface area contributed by atoms with E-state index in [1.165, 1.54) is 0 Å². The molecule has 1 amide bonds. The molecule has 1 fully saturated rings. The minimum Gasteiger partial charge on any atom is -0.342 e. The lowest BCUT2D eigenvalue weighted by Crippen LogP contribution is -2.30. The molecule has 2 N–H and O–H groups in total. The van der Waals surface area contributed by atoms with Crippen LogP contribution >= 0.6 is 0 Å². The van der Waals surface area contributed by atoms with Gasteiger partial charge in [0.05, 0.1) is 12.7 Å². The Morgan fingerprint density at radius 3 is 3.06 bits per heavy atom. The van der Waals surface area contributed by atoms with Gasteiger partial charge in [0, 0.05) is 25.7 Å². The quantitative estimate of drug-likeness (QED) is 0.744. The van der Waals surface area contributed by atoms with Gasteiger partial charge in [0.25, 0.3) is 0 Å². The van der Waals surface area contributed by atoms with E-state index in [0.717, 1.165) is 19.5 Å². The summed E-state index contributed by atoms with van der Waals surface area (Å²) in [6.07, 6.45) is 4.90. The molecule has 16 heavy (non-hydrogen) atoms. The average Bonchev–Trinajstić information content (AvgIpc) is 2.96. The lowest BCUT2D eigenvalue weighted by atomic mass is 10.1. The van der Waals surface area contributed by atoms with E-state index in [4.69, 9.17) is 5.73 Å². The number of amides is 1. The Morgan fingerprint density at radius 2 is 2.44 bits per heavy atom. The number of nitrogens with zero attached hydrogens (tertiary/aromatic N) is 4. The van der Waals surface area contributed by atoms with Crippen LogP contribution in [0.2, 0.25) is 0 Å². The van der Waals surface area contributed by atoms with Gasteiger partial charge in [-0.15, -0.1) is 5.10 Å². The fourth-order valence-electron chi connectivity index (χ4n) is 1.97. The molecule has 0 aromatic carbocycles. The van der Waals surface area contributed by atoms with Crippen LogP contribution in [0.3, 0.4) is 0 Å². The van der Waals surface area contributed by atoms with Gasteiger partial charge in [-0.3, -0.25) is 9.48 Å². The Kier molecular flexibility index (Phi) is 3.51. The molecule has 1 aliphatic rings. The number of likely N-dealkylation sites (tertiary alicyclic amines) is 1. The second kappa shape index (κ2) is 5.07. The van der Waals surface area contributed by atoms with Crippen molar-refractivity contribution in [1.82, 2.24) is 19.9 Å². The highest BCUT2D eigenvalue weighted by Crippen LogP contribution is 2.15. The predicted octanol–water partition coefficient (Wildman–Crippen LogP) is -0.525. The SMILES string of the molecule is NCC1CCN(C(=O)CCn2ccnn2)C1. The first-order valence-corrected chi connectivity index (χ1v) is 5.61. The summed E-state index contributed by atoms with van der Waals surface area (Å²) >= 11 is 0. The molecular formula is C10H17N5O. The monoisotopic (exact) mass is 223 g/mol. The summed E-state index contributed by atoms with van der Waals surface area (Å²) in [7, 11) is 0. The van der Waals surface area contributed by atoms with Gasteiger partial charge in [-0.25, -0.2) is 0 Å². The van der Waals surface area contributed by atoms with Crippen molar-refractivity contribution in [2.75, 3.05) is 19.6 Å². The summed E-state index contributed by atoms with van der Waals surface area (Å²) in [6, 6.07) is 0. The standard InChI is InChI=1S/C10H17N5O/c11-7-9-1-4-14(8-9)10(16)2-5-15-6-3-12-13-15/h3,6,9H,1-2,4-5,7-8,11H2. The number of hydrogen-bond donors (Lipinski definition) is 1. The molecule has 2 rings (SSSR count). The van der Waals surface area contributed by atoms with Crippen LogP contribution in [0.1, 0.15) is 12.8 Å².